The van der Waals surface area contributed by atoms with Gasteiger partial charge in [-0.25, -0.2) is 4.79 Å². The fraction of sp³-hybridized carbons (Fsp3) is 0.650. The molecule has 5 nitrogen and oxygen atoms in total. The second kappa shape index (κ2) is 8.56. The minimum atomic E-state index is -0.0970. The second-order valence-corrected chi connectivity index (χ2v) is 7.68. The molecule has 1 atom stereocenters. The van der Waals surface area contributed by atoms with Crippen LogP contribution in [0.25, 0.3) is 0 Å². The summed E-state index contributed by atoms with van der Waals surface area (Å²) in [6, 6.07) is 8.67. The Morgan fingerprint density at radius 1 is 1.20 bits per heavy atom. The van der Waals surface area contributed by atoms with Gasteiger partial charge in [-0.05, 0) is 70.2 Å². The highest BCUT2D eigenvalue weighted by molar-refractivity contribution is 5.89. The van der Waals surface area contributed by atoms with E-state index in [9.17, 15) is 4.79 Å². The lowest BCUT2D eigenvalue weighted by Gasteiger charge is -2.35. The van der Waals surface area contributed by atoms with Crippen LogP contribution < -0.4 is 15.5 Å². The molecular formula is C20H32N4O. The number of nitrogens with zero attached hydrogens (tertiary/aromatic N) is 2. The van der Waals surface area contributed by atoms with Crippen LogP contribution in [-0.2, 0) is 0 Å². The lowest BCUT2D eigenvalue weighted by Crippen LogP contribution is -2.44. The first-order chi connectivity index (χ1) is 12.1. The van der Waals surface area contributed by atoms with Crippen molar-refractivity contribution < 1.29 is 4.79 Å². The number of urea groups is 1. The summed E-state index contributed by atoms with van der Waals surface area (Å²) >= 11 is 0. The van der Waals surface area contributed by atoms with Gasteiger partial charge < -0.3 is 20.4 Å². The molecule has 2 fully saturated rings. The number of rotatable bonds is 5. The first-order valence-corrected chi connectivity index (χ1v) is 9.76. The molecule has 3 rings (SSSR count). The number of carbonyl (C=O) groups is 1. The van der Waals surface area contributed by atoms with Crippen molar-refractivity contribution in [2.75, 3.05) is 42.9 Å². The lowest BCUT2D eigenvalue weighted by atomic mass is 9.97. The number of carbonyl (C=O) groups excluding carboxylic acids is 1. The first kappa shape index (κ1) is 18.1. The maximum Gasteiger partial charge on any atom is 0.319 e. The normalized spacial score (nSPS) is 21.6. The van der Waals surface area contributed by atoms with Crippen LogP contribution in [0.15, 0.2) is 24.3 Å². The van der Waals surface area contributed by atoms with Crippen LogP contribution in [-0.4, -0.2) is 49.7 Å². The zero-order valence-corrected chi connectivity index (χ0v) is 15.6. The van der Waals surface area contributed by atoms with Crippen LogP contribution in [0.1, 0.15) is 39.5 Å². The molecule has 2 aliphatic heterocycles. The van der Waals surface area contributed by atoms with Crippen molar-refractivity contribution in [2.24, 2.45) is 5.92 Å². The topological polar surface area (TPSA) is 47.6 Å². The van der Waals surface area contributed by atoms with E-state index in [1.54, 1.807) is 0 Å². The van der Waals surface area contributed by atoms with Gasteiger partial charge in [0.15, 0.2) is 0 Å². The van der Waals surface area contributed by atoms with Crippen molar-refractivity contribution in [3.05, 3.63) is 24.3 Å². The average molecular weight is 345 g/mol. The van der Waals surface area contributed by atoms with Crippen molar-refractivity contribution in [2.45, 2.75) is 45.6 Å². The monoisotopic (exact) mass is 344 g/mol. The van der Waals surface area contributed by atoms with Gasteiger partial charge in [0.1, 0.15) is 0 Å². The third-order valence-corrected chi connectivity index (χ3v) is 5.41. The Bertz CT molecular complexity index is 569. The smallest absolute Gasteiger partial charge is 0.319 e. The molecule has 2 saturated heterocycles. The van der Waals surface area contributed by atoms with Crippen LogP contribution >= 0.6 is 0 Å². The van der Waals surface area contributed by atoms with E-state index in [0.717, 1.165) is 31.9 Å². The number of piperidine rings is 1. The number of hydrogen-bond acceptors (Lipinski definition) is 3. The zero-order valence-electron chi connectivity index (χ0n) is 15.6. The summed E-state index contributed by atoms with van der Waals surface area (Å²) in [7, 11) is 0. The molecule has 1 aromatic rings. The van der Waals surface area contributed by atoms with E-state index in [2.05, 4.69) is 46.4 Å². The Balaban J connectivity index is 1.47. The summed E-state index contributed by atoms with van der Waals surface area (Å²) in [5, 5.41) is 6.05. The number of hydrogen-bond donors (Lipinski definition) is 2. The van der Waals surface area contributed by atoms with Gasteiger partial charge in [-0.3, -0.25) is 0 Å². The van der Waals surface area contributed by atoms with Gasteiger partial charge in [0.2, 0.25) is 0 Å². The Kier molecular flexibility index (Phi) is 6.19. The maximum atomic E-state index is 12.3. The molecule has 0 bridgehead atoms. The summed E-state index contributed by atoms with van der Waals surface area (Å²) in [5.74, 6) is 0.554. The Morgan fingerprint density at radius 3 is 2.76 bits per heavy atom. The molecule has 0 radical (unpaired) electrons. The summed E-state index contributed by atoms with van der Waals surface area (Å²) in [6.07, 6.45) is 4.94. The Morgan fingerprint density at radius 2 is 2.00 bits per heavy atom. The quantitative estimate of drug-likeness (QED) is 0.859. The van der Waals surface area contributed by atoms with Crippen LogP contribution in [0.4, 0.5) is 16.2 Å². The molecule has 5 heteroatoms. The van der Waals surface area contributed by atoms with Crippen LogP contribution in [0, 0.1) is 5.92 Å². The molecule has 2 N–H and O–H groups in total. The third-order valence-electron chi connectivity index (χ3n) is 5.41. The first-order valence-electron chi connectivity index (χ1n) is 9.76. The van der Waals surface area contributed by atoms with E-state index >= 15 is 0 Å². The van der Waals surface area contributed by atoms with Gasteiger partial charge in [-0.1, -0.05) is 6.07 Å². The fourth-order valence-electron chi connectivity index (χ4n) is 3.90. The minimum absolute atomic E-state index is 0.0970. The van der Waals surface area contributed by atoms with Gasteiger partial charge >= 0.3 is 6.03 Å². The number of benzene rings is 1. The SMILES string of the molecule is CC(C)N1CCC[C@H](CNC(=O)Nc2cccc(N3CCCC3)c2)C1. The zero-order chi connectivity index (χ0) is 17.6. The van der Waals surface area contributed by atoms with E-state index < -0.39 is 0 Å². The van der Waals surface area contributed by atoms with Crippen molar-refractivity contribution in [1.29, 1.82) is 0 Å². The van der Waals surface area contributed by atoms with Crippen LogP contribution in [0.2, 0.25) is 0 Å². The Labute approximate surface area is 151 Å². The van der Waals surface area contributed by atoms with Gasteiger partial charge in [0, 0.05) is 43.6 Å². The second-order valence-electron chi connectivity index (χ2n) is 7.68. The summed E-state index contributed by atoms with van der Waals surface area (Å²) < 4.78 is 0. The van der Waals surface area contributed by atoms with Crippen molar-refractivity contribution in [3.8, 4) is 0 Å². The molecule has 0 spiro atoms. The summed E-state index contributed by atoms with van der Waals surface area (Å²) in [4.78, 5) is 17.1. The van der Waals surface area contributed by atoms with Gasteiger partial charge in [-0.15, -0.1) is 0 Å². The highest BCUT2D eigenvalue weighted by Crippen LogP contribution is 2.23. The molecule has 0 aliphatic carbocycles. The standard InChI is InChI=1S/C20H32N4O/c1-16(2)24-12-6-7-17(15-24)14-21-20(25)22-18-8-5-9-19(13-18)23-10-3-4-11-23/h5,8-9,13,16-17H,3-4,6-7,10-12,14-15H2,1-2H3,(H2,21,22,25)/t17-/m1/s1. The van der Waals surface area contributed by atoms with E-state index in [1.165, 1.54) is 37.9 Å². The number of amides is 2. The van der Waals surface area contributed by atoms with E-state index in [-0.39, 0.29) is 6.03 Å². The van der Waals surface area contributed by atoms with Crippen molar-refractivity contribution in [3.63, 3.8) is 0 Å². The van der Waals surface area contributed by atoms with Gasteiger partial charge in [-0.2, -0.15) is 0 Å². The largest absolute Gasteiger partial charge is 0.371 e. The molecule has 138 valence electrons. The molecule has 0 unspecified atom stereocenters. The maximum absolute atomic E-state index is 12.3. The number of nitrogens with one attached hydrogen (secondary N) is 2. The van der Waals surface area contributed by atoms with E-state index in [4.69, 9.17) is 0 Å². The molecule has 2 heterocycles. The average Bonchev–Trinajstić information content (AvgIpc) is 3.15. The molecule has 2 amide bonds. The van der Waals surface area contributed by atoms with Crippen molar-refractivity contribution >= 4 is 17.4 Å². The lowest BCUT2D eigenvalue weighted by molar-refractivity contribution is 0.139. The fourth-order valence-corrected chi connectivity index (χ4v) is 3.90. The molecular weight excluding hydrogens is 312 g/mol. The van der Waals surface area contributed by atoms with Gasteiger partial charge in [0.25, 0.3) is 0 Å². The van der Waals surface area contributed by atoms with Crippen molar-refractivity contribution in [1.82, 2.24) is 10.2 Å². The predicted molar refractivity (Wildman–Crippen MR) is 104 cm³/mol. The predicted octanol–water partition coefficient (Wildman–Crippen LogP) is 3.53. The molecule has 0 saturated carbocycles. The number of anilines is 2. The highest BCUT2D eigenvalue weighted by Gasteiger charge is 2.22. The third kappa shape index (κ3) is 5.11. The molecule has 0 aromatic heterocycles. The number of likely N-dealkylation sites (tertiary alicyclic amines) is 1. The molecule has 1 aromatic carbocycles. The van der Waals surface area contributed by atoms with Crippen LogP contribution in [0.5, 0.6) is 0 Å². The van der Waals surface area contributed by atoms with Gasteiger partial charge in [0.05, 0.1) is 0 Å². The van der Waals surface area contributed by atoms with E-state index in [0.29, 0.717) is 12.0 Å². The highest BCUT2D eigenvalue weighted by atomic mass is 16.2. The molecule has 25 heavy (non-hydrogen) atoms. The summed E-state index contributed by atoms with van der Waals surface area (Å²) in [5.41, 5.74) is 2.07. The summed E-state index contributed by atoms with van der Waals surface area (Å²) in [6.45, 7) is 9.74. The molecule has 2 aliphatic rings. The Hall–Kier alpha value is -1.75. The van der Waals surface area contributed by atoms with Crippen LogP contribution in [0.3, 0.4) is 0 Å². The van der Waals surface area contributed by atoms with E-state index in [1.807, 2.05) is 12.1 Å². The minimum Gasteiger partial charge on any atom is -0.371 e.